The van der Waals surface area contributed by atoms with Gasteiger partial charge in [-0.25, -0.2) is 0 Å². The molecule has 5 nitrogen and oxygen atoms in total. The first kappa shape index (κ1) is 24.4. The van der Waals surface area contributed by atoms with Gasteiger partial charge in [-0.1, -0.05) is 39.8 Å². The number of aliphatic hydroxyl groups is 3. The van der Waals surface area contributed by atoms with Crippen LogP contribution in [0.15, 0.2) is 12.2 Å². The quantitative estimate of drug-likeness (QED) is 0.421. The second-order valence-electron chi connectivity index (χ2n) is 14.9. The predicted molar refractivity (Wildman–Crippen MR) is 133 cm³/mol. The van der Waals surface area contributed by atoms with Gasteiger partial charge < -0.3 is 20.4 Å². The molecule has 12 atom stereocenters. The van der Waals surface area contributed by atoms with Gasteiger partial charge in [0.1, 0.15) is 0 Å². The lowest BCUT2D eigenvalue weighted by molar-refractivity contribution is -0.227. The molecule has 5 fully saturated rings. The maximum Gasteiger partial charge on any atom is 0.310 e. The van der Waals surface area contributed by atoms with Gasteiger partial charge in [-0.2, -0.15) is 0 Å². The highest BCUT2D eigenvalue weighted by molar-refractivity contribution is 5.77. The Hall–Kier alpha value is -0.910. The van der Waals surface area contributed by atoms with Crippen molar-refractivity contribution in [3.05, 3.63) is 12.2 Å². The van der Waals surface area contributed by atoms with Gasteiger partial charge in [0.05, 0.1) is 23.7 Å². The van der Waals surface area contributed by atoms with Crippen LogP contribution in [0.4, 0.5) is 0 Å². The number of fused-ring (bicyclic) bond motifs is 4. The van der Waals surface area contributed by atoms with Crippen molar-refractivity contribution in [3.8, 4) is 0 Å². The number of rotatable bonds is 2. The van der Waals surface area contributed by atoms with E-state index in [1.54, 1.807) is 0 Å². The van der Waals surface area contributed by atoms with E-state index < -0.39 is 28.5 Å². The summed E-state index contributed by atoms with van der Waals surface area (Å²) >= 11 is 0. The molecular weight excluding hydrogens is 440 g/mol. The number of hydrogen-bond donors (Lipinski definition) is 4. The van der Waals surface area contributed by atoms with Crippen LogP contribution in [0.1, 0.15) is 92.4 Å². The van der Waals surface area contributed by atoms with Gasteiger partial charge in [0, 0.05) is 16.7 Å². The molecule has 196 valence electrons. The Balaban J connectivity index is 1.49. The van der Waals surface area contributed by atoms with Crippen molar-refractivity contribution in [1.82, 2.24) is 0 Å². The van der Waals surface area contributed by atoms with E-state index in [0.717, 1.165) is 44.9 Å². The van der Waals surface area contributed by atoms with Gasteiger partial charge >= 0.3 is 5.97 Å². The molecule has 5 heteroatoms. The summed E-state index contributed by atoms with van der Waals surface area (Å²) in [5.74, 6) is -0.281. The summed E-state index contributed by atoms with van der Waals surface area (Å²) in [6.07, 6.45) is 12.1. The fourth-order valence-corrected chi connectivity index (χ4v) is 12.0. The van der Waals surface area contributed by atoms with Crippen LogP contribution in [0, 0.1) is 56.2 Å². The topological polar surface area (TPSA) is 98.0 Å². The standard InChI is InChI=1S/C30H46O5/c1-18-6-12-28(23(33)34)14-15-30-16-29(30,22(28)27(18,5)35)13-8-20-24(2)10-9-21(32)25(3,17-31)19(24)7-11-26(20,30)4/h8,13,18-22,31-32,35H,6-7,9-12,14-17H2,1-5H3,(H,33,34)/t18-,19-,20-,21+,22-,24+,25+,26-,27-,28+,29?,30-/m1/s1. The maximum atomic E-state index is 12.9. The Morgan fingerprint density at radius 1 is 1.00 bits per heavy atom. The Bertz CT molecular complexity index is 989. The Kier molecular flexibility index (Phi) is 4.71. The summed E-state index contributed by atoms with van der Waals surface area (Å²) in [4.78, 5) is 12.9. The van der Waals surface area contributed by atoms with Crippen LogP contribution < -0.4 is 0 Å². The molecule has 0 aliphatic heterocycles. The van der Waals surface area contributed by atoms with Crippen LogP contribution in [0.3, 0.4) is 0 Å². The van der Waals surface area contributed by atoms with Crippen molar-refractivity contribution in [2.45, 2.75) is 104 Å². The van der Waals surface area contributed by atoms with Gasteiger partial charge in [-0.05, 0) is 98.7 Å². The summed E-state index contributed by atoms with van der Waals surface area (Å²) in [6.45, 7) is 11.0. The molecule has 5 saturated carbocycles. The number of carbonyl (C=O) groups is 1. The van der Waals surface area contributed by atoms with Crippen LogP contribution in [0.5, 0.6) is 0 Å². The number of carboxylic acids is 1. The van der Waals surface area contributed by atoms with Gasteiger partial charge in [-0.15, -0.1) is 0 Å². The lowest BCUT2D eigenvalue weighted by Gasteiger charge is -2.69. The van der Waals surface area contributed by atoms with Crippen LogP contribution in [0.2, 0.25) is 0 Å². The SMILES string of the molecule is C[C@@H]1CC[C@]2(C(=O)O)CC[C@]34CC3(C=C[C@@H]3[C@@]5(C)CC[C@H](O)[C@@](C)(CO)[C@@H]5CC[C@]34C)[C@@H]2[C@]1(C)O. The average molecular weight is 487 g/mol. The number of aliphatic carboxylic acids is 1. The molecule has 6 aliphatic rings. The molecule has 0 aromatic rings. The molecule has 0 spiro atoms. The molecular formula is C30H46O5. The first-order valence-corrected chi connectivity index (χ1v) is 14.2. The van der Waals surface area contributed by atoms with Crippen molar-refractivity contribution in [2.75, 3.05) is 6.61 Å². The molecule has 0 aromatic heterocycles. The van der Waals surface area contributed by atoms with Crippen molar-refractivity contribution in [2.24, 2.45) is 56.2 Å². The van der Waals surface area contributed by atoms with E-state index >= 15 is 0 Å². The number of aliphatic hydroxyl groups excluding tert-OH is 2. The largest absolute Gasteiger partial charge is 0.481 e. The van der Waals surface area contributed by atoms with E-state index in [1.165, 1.54) is 0 Å². The average Bonchev–Trinajstić information content (AvgIpc) is 3.50. The highest BCUT2D eigenvalue weighted by atomic mass is 16.4. The molecule has 0 amide bonds. The second-order valence-corrected chi connectivity index (χ2v) is 14.9. The monoisotopic (exact) mass is 486 g/mol. The number of carboxylic acid groups (broad SMARTS) is 1. The number of allylic oxidation sites excluding steroid dienone is 2. The zero-order valence-electron chi connectivity index (χ0n) is 22.3. The fraction of sp³-hybridized carbons (Fsp3) is 0.900. The van der Waals surface area contributed by atoms with Crippen molar-refractivity contribution >= 4 is 5.97 Å². The molecule has 0 radical (unpaired) electrons. The van der Waals surface area contributed by atoms with Crippen molar-refractivity contribution < 1.29 is 25.2 Å². The summed E-state index contributed by atoms with van der Waals surface area (Å²) in [5.41, 5.74) is -2.51. The predicted octanol–water partition coefficient (Wildman–Crippen LogP) is 4.79. The first-order chi connectivity index (χ1) is 16.2. The minimum atomic E-state index is -1.00. The molecule has 0 heterocycles. The zero-order chi connectivity index (χ0) is 25.4. The van der Waals surface area contributed by atoms with Crippen LogP contribution in [0.25, 0.3) is 0 Å². The number of hydrogen-bond acceptors (Lipinski definition) is 4. The summed E-state index contributed by atoms with van der Waals surface area (Å²) in [7, 11) is 0. The molecule has 0 saturated heterocycles. The molecule has 0 aromatic carbocycles. The molecule has 0 bridgehead atoms. The Labute approximate surface area is 210 Å². The van der Waals surface area contributed by atoms with E-state index in [0.29, 0.717) is 18.8 Å². The molecule has 6 aliphatic carbocycles. The normalized spacial score (nSPS) is 62.6. The van der Waals surface area contributed by atoms with Crippen molar-refractivity contribution in [1.29, 1.82) is 0 Å². The van der Waals surface area contributed by atoms with Crippen molar-refractivity contribution in [3.63, 3.8) is 0 Å². The lowest BCUT2D eigenvalue weighted by Crippen LogP contribution is -2.67. The third kappa shape index (κ3) is 2.41. The van der Waals surface area contributed by atoms with E-state index in [1.807, 2.05) is 6.92 Å². The van der Waals surface area contributed by atoms with E-state index in [9.17, 15) is 25.2 Å². The molecule has 4 N–H and O–H groups in total. The zero-order valence-corrected chi connectivity index (χ0v) is 22.3. The fourth-order valence-electron chi connectivity index (χ4n) is 12.0. The van der Waals surface area contributed by atoms with Crippen LogP contribution in [-0.2, 0) is 4.79 Å². The van der Waals surface area contributed by atoms with E-state index in [4.69, 9.17) is 0 Å². The maximum absolute atomic E-state index is 12.9. The van der Waals surface area contributed by atoms with Crippen LogP contribution in [-0.4, -0.2) is 44.7 Å². The molecule has 6 rings (SSSR count). The lowest BCUT2D eigenvalue weighted by atomic mass is 9.36. The third-order valence-electron chi connectivity index (χ3n) is 14.1. The highest BCUT2D eigenvalue weighted by Crippen LogP contribution is 2.90. The van der Waals surface area contributed by atoms with E-state index in [-0.39, 0.29) is 46.0 Å². The van der Waals surface area contributed by atoms with E-state index in [2.05, 4.69) is 39.8 Å². The summed E-state index contributed by atoms with van der Waals surface area (Å²) in [5, 5.41) is 43.9. The van der Waals surface area contributed by atoms with Gasteiger partial charge in [-0.3, -0.25) is 4.79 Å². The van der Waals surface area contributed by atoms with Crippen LogP contribution >= 0.6 is 0 Å². The molecule has 1 unspecified atom stereocenters. The van der Waals surface area contributed by atoms with Gasteiger partial charge in [0.25, 0.3) is 0 Å². The second kappa shape index (κ2) is 6.74. The Morgan fingerprint density at radius 3 is 2.37 bits per heavy atom. The molecule has 35 heavy (non-hydrogen) atoms. The van der Waals surface area contributed by atoms with Gasteiger partial charge in [0.15, 0.2) is 0 Å². The van der Waals surface area contributed by atoms with Gasteiger partial charge in [0.2, 0.25) is 0 Å². The third-order valence-corrected chi connectivity index (χ3v) is 14.1. The highest BCUT2D eigenvalue weighted by Gasteiger charge is 2.86. The summed E-state index contributed by atoms with van der Waals surface area (Å²) < 4.78 is 0. The summed E-state index contributed by atoms with van der Waals surface area (Å²) in [6, 6.07) is 0. The smallest absolute Gasteiger partial charge is 0.310 e. The Morgan fingerprint density at radius 2 is 1.71 bits per heavy atom. The minimum absolute atomic E-state index is 0.00653. The first-order valence-electron chi connectivity index (χ1n) is 14.2. The minimum Gasteiger partial charge on any atom is -0.481 e.